The Morgan fingerprint density at radius 1 is 0.250 bits per heavy atom. The van der Waals surface area contributed by atoms with Crippen LogP contribution in [-0.2, 0) is 28.6 Å². The van der Waals surface area contributed by atoms with Crippen molar-refractivity contribution in [3.8, 4) is 0 Å². The number of hydrogen-bond donors (Lipinski definition) is 0. The first-order valence-corrected chi connectivity index (χ1v) is 36.0. The van der Waals surface area contributed by atoms with E-state index in [1.165, 1.54) is 289 Å². The summed E-state index contributed by atoms with van der Waals surface area (Å²) >= 11 is 0. The van der Waals surface area contributed by atoms with Crippen LogP contribution in [0.25, 0.3) is 0 Å². The molecule has 0 aliphatic carbocycles. The average molecular weight is 1120 g/mol. The molecule has 0 saturated carbocycles. The summed E-state index contributed by atoms with van der Waals surface area (Å²) in [7, 11) is 0. The Morgan fingerprint density at radius 2 is 0.450 bits per heavy atom. The van der Waals surface area contributed by atoms with Gasteiger partial charge in [0.2, 0.25) is 0 Å². The molecular formula is C74H138O6. The molecule has 0 bridgehead atoms. The molecule has 0 aromatic heterocycles. The highest BCUT2D eigenvalue weighted by atomic mass is 16.6. The monoisotopic (exact) mass is 1120 g/mol. The summed E-state index contributed by atoms with van der Waals surface area (Å²) in [6.07, 6.45) is 86.5. The molecule has 6 heteroatoms. The first-order valence-electron chi connectivity index (χ1n) is 36.0. The van der Waals surface area contributed by atoms with Gasteiger partial charge in [-0.1, -0.05) is 359 Å². The molecule has 0 rings (SSSR count). The van der Waals surface area contributed by atoms with Crippen LogP contribution in [-0.4, -0.2) is 37.2 Å². The van der Waals surface area contributed by atoms with Gasteiger partial charge >= 0.3 is 17.9 Å². The van der Waals surface area contributed by atoms with Crippen molar-refractivity contribution in [3.63, 3.8) is 0 Å². The fraction of sp³-hybridized carbons (Fsp3) is 0.878. The molecule has 0 aromatic rings. The van der Waals surface area contributed by atoms with E-state index in [0.29, 0.717) is 19.3 Å². The number of esters is 3. The first kappa shape index (κ1) is 77.6. The number of carbonyl (C=O) groups excluding carboxylic acids is 3. The summed E-state index contributed by atoms with van der Waals surface area (Å²) in [5, 5.41) is 0. The first-order chi connectivity index (χ1) is 39.5. The number of carbonyl (C=O) groups is 3. The van der Waals surface area contributed by atoms with Crippen molar-refractivity contribution in [1.82, 2.24) is 0 Å². The highest BCUT2D eigenvalue weighted by molar-refractivity contribution is 5.71. The van der Waals surface area contributed by atoms with Gasteiger partial charge in [0.1, 0.15) is 13.2 Å². The summed E-state index contributed by atoms with van der Waals surface area (Å²) in [5.74, 6) is -0.854. The van der Waals surface area contributed by atoms with E-state index in [2.05, 4.69) is 57.2 Å². The minimum atomic E-state index is -0.770. The van der Waals surface area contributed by atoms with Gasteiger partial charge in [0.25, 0.3) is 0 Å². The Labute approximate surface area is 499 Å². The molecule has 1 unspecified atom stereocenters. The van der Waals surface area contributed by atoms with Crippen molar-refractivity contribution in [3.05, 3.63) is 36.5 Å². The Balaban J connectivity index is 4.01. The van der Waals surface area contributed by atoms with Crippen LogP contribution < -0.4 is 0 Å². The molecule has 0 radical (unpaired) electrons. The van der Waals surface area contributed by atoms with E-state index in [0.717, 1.165) is 70.6 Å². The van der Waals surface area contributed by atoms with Gasteiger partial charge in [0.15, 0.2) is 6.10 Å². The van der Waals surface area contributed by atoms with E-state index in [4.69, 9.17) is 14.2 Å². The maximum absolute atomic E-state index is 12.9. The zero-order valence-electron chi connectivity index (χ0n) is 54.1. The van der Waals surface area contributed by atoms with Crippen LogP contribution in [0, 0.1) is 0 Å². The lowest BCUT2D eigenvalue weighted by atomic mass is 10.0. The van der Waals surface area contributed by atoms with E-state index >= 15 is 0 Å². The second kappa shape index (κ2) is 69.1. The van der Waals surface area contributed by atoms with Gasteiger partial charge in [-0.05, 0) is 57.8 Å². The van der Waals surface area contributed by atoms with Crippen molar-refractivity contribution in [2.45, 2.75) is 406 Å². The van der Waals surface area contributed by atoms with Gasteiger partial charge in [-0.25, -0.2) is 0 Å². The van der Waals surface area contributed by atoms with E-state index in [1.54, 1.807) is 0 Å². The summed E-state index contributed by atoms with van der Waals surface area (Å²) in [4.78, 5) is 38.2. The summed E-state index contributed by atoms with van der Waals surface area (Å²) < 4.78 is 16.9. The van der Waals surface area contributed by atoms with Crippen LogP contribution in [0.3, 0.4) is 0 Å². The lowest BCUT2D eigenvalue weighted by molar-refractivity contribution is -0.167. The largest absolute Gasteiger partial charge is 0.462 e. The number of hydrogen-bond acceptors (Lipinski definition) is 6. The van der Waals surface area contributed by atoms with E-state index in [-0.39, 0.29) is 31.1 Å². The fourth-order valence-electron chi connectivity index (χ4n) is 11.0. The molecule has 0 aliphatic rings. The molecule has 0 aliphatic heterocycles. The van der Waals surface area contributed by atoms with E-state index in [1.807, 2.05) is 0 Å². The second-order valence-electron chi connectivity index (χ2n) is 24.5. The third kappa shape index (κ3) is 66.4. The molecule has 0 heterocycles. The van der Waals surface area contributed by atoms with Crippen molar-refractivity contribution in [1.29, 1.82) is 0 Å². The number of rotatable bonds is 67. The Bertz CT molecular complexity index is 1340. The van der Waals surface area contributed by atoms with Crippen molar-refractivity contribution in [2.24, 2.45) is 0 Å². The molecule has 1 atom stereocenters. The SMILES string of the molecule is CCCCCCC/C=C\C/C=C\C/C=C\CCCCCCCCCCCCC(=O)OC(COC(=O)CCCCCCCCC)COC(=O)CCCCCCCCCCCCCCCCCCCCCCCCCCCCCCCC. The normalized spacial score (nSPS) is 12.2. The predicted octanol–water partition coefficient (Wildman–Crippen LogP) is 24.7. The quantitative estimate of drug-likeness (QED) is 0.0261. The van der Waals surface area contributed by atoms with Crippen LogP contribution in [0.15, 0.2) is 36.5 Å². The topological polar surface area (TPSA) is 78.9 Å². The van der Waals surface area contributed by atoms with Crippen molar-refractivity contribution in [2.75, 3.05) is 13.2 Å². The number of allylic oxidation sites excluding steroid dienone is 6. The molecule has 0 spiro atoms. The molecule has 0 amide bonds. The lowest BCUT2D eigenvalue weighted by Crippen LogP contribution is -2.30. The van der Waals surface area contributed by atoms with Crippen LogP contribution in [0.2, 0.25) is 0 Å². The van der Waals surface area contributed by atoms with Gasteiger partial charge in [0, 0.05) is 19.3 Å². The highest BCUT2D eigenvalue weighted by Crippen LogP contribution is 2.19. The summed E-state index contributed by atoms with van der Waals surface area (Å²) in [6.45, 7) is 6.65. The number of ether oxygens (including phenoxy) is 3. The molecule has 6 nitrogen and oxygen atoms in total. The van der Waals surface area contributed by atoms with Crippen LogP contribution in [0.4, 0.5) is 0 Å². The molecule has 0 saturated heterocycles. The van der Waals surface area contributed by atoms with Crippen LogP contribution in [0.5, 0.6) is 0 Å². The fourth-order valence-corrected chi connectivity index (χ4v) is 11.0. The Morgan fingerprint density at radius 3 is 0.700 bits per heavy atom. The lowest BCUT2D eigenvalue weighted by Gasteiger charge is -2.18. The van der Waals surface area contributed by atoms with Gasteiger partial charge in [-0.15, -0.1) is 0 Å². The molecule has 0 N–H and O–H groups in total. The third-order valence-corrected chi connectivity index (χ3v) is 16.4. The highest BCUT2D eigenvalue weighted by Gasteiger charge is 2.19. The predicted molar refractivity (Wildman–Crippen MR) is 349 cm³/mol. The zero-order valence-corrected chi connectivity index (χ0v) is 54.1. The summed E-state index contributed by atoms with van der Waals surface area (Å²) in [5.41, 5.74) is 0. The number of unbranched alkanes of at least 4 members (excludes halogenated alkanes) is 50. The molecular weight excluding hydrogens is 985 g/mol. The minimum absolute atomic E-state index is 0.0686. The maximum atomic E-state index is 12.9. The smallest absolute Gasteiger partial charge is 0.306 e. The van der Waals surface area contributed by atoms with Gasteiger partial charge in [0.05, 0.1) is 0 Å². The third-order valence-electron chi connectivity index (χ3n) is 16.4. The van der Waals surface area contributed by atoms with Crippen molar-refractivity contribution >= 4 is 17.9 Å². The van der Waals surface area contributed by atoms with Gasteiger partial charge < -0.3 is 14.2 Å². The van der Waals surface area contributed by atoms with Gasteiger partial charge in [-0.3, -0.25) is 14.4 Å². The van der Waals surface area contributed by atoms with Gasteiger partial charge in [-0.2, -0.15) is 0 Å². The molecule has 80 heavy (non-hydrogen) atoms. The van der Waals surface area contributed by atoms with E-state index in [9.17, 15) is 14.4 Å². The minimum Gasteiger partial charge on any atom is -0.462 e. The zero-order chi connectivity index (χ0) is 57.8. The standard InChI is InChI=1S/C74H138O6/c1-4-7-10-13-16-18-20-22-24-26-28-30-32-34-35-36-37-38-40-41-43-45-47-49-51-53-55-58-61-64-67-73(76)79-70-71(69-78-72(75)66-63-60-57-15-12-9-6-3)80-74(77)68-65-62-59-56-54-52-50-48-46-44-42-39-33-31-29-27-25-23-21-19-17-14-11-8-5-2/h21,23,27,29,33,39,71H,4-20,22,24-26,28,30-32,34-38,40-70H2,1-3H3/b23-21-,29-27-,39-33-. The maximum Gasteiger partial charge on any atom is 0.306 e. The Hall–Kier alpha value is -2.37. The molecule has 470 valence electrons. The van der Waals surface area contributed by atoms with Crippen molar-refractivity contribution < 1.29 is 28.6 Å². The Kier molecular flexibility index (Phi) is 67.1. The molecule has 0 fully saturated rings. The van der Waals surface area contributed by atoms with Crippen LogP contribution >= 0.6 is 0 Å². The second-order valence-corrected chi connectivity index (χ2v) is 24.5. The summed E-state index contributed by atoms with van der Waals surface area (Å²) in [6, 6.07) is 0. The van der Waals surface area contributed by atoms with E-state index < -0.39 is 6.10 Å². The van der Waals surface area contributed by atoms with Crippen LogP contribution in [0.1, 0.15) is 400 Å². The average Bonchev–Trinajstić information content (AvgIpc) is 3.46. The molecule has 0 aromatic carbocycles.